The molecule has 3 aliphatic rings. The molecule has 10 heteroatoms. The number of carbonyl (C=O) groups excluding carboxylic acids is 1. The largest absolute Gasteiger partial charge is 0.466 e. The second kappa shape index (κ2) is 7.62. The van der Waals surface area contributed by atoms with Crippen molar-refractivity contribution in [1.82, 2.24) is 29.7 Å². The number of aromatic amines is 1. The lowest BCUT2D eigenvalue weighted by Crippen LogP contribution is -2.43. The zero-order valence-corrected chi connectivity index (χ0v) is 18.5. The van der Waals surface area contributed by atoms with Crippen LogP contribution in [0.5, 0.6) is 0 Å². The maximum atomic E-state index is 15.0. The van der Waals surface area contributed by atoms with Crippen LogP contribution in [0.25, 0.3) is 33.6 Å². The molecule has 4 unspecified atom stereocenters. The molecule has 2 bridgehead atoms. The molecule has 0 amide bonds. The summed E-state index contributed by atoms with van der Waals surface area (Å²) in [5, 5.41) is 8.59. The van der Waals surface area contributed by atoms with Crippen LogP contribution in [0.15, 0.2) is 36.8 Å². The van der Waals surface area contributed by atoms with E-state index in [2.05, 4.69) is 32.3 Å². The van der Waals surface area contributed by atoms with Crippen LogP contribution in [-0.4, -0.2) is 42.3 Å². The molecule has 0 aliphatic heterocycles. The van der Waals surface area contributed by atoms with Gasteiger partial charge in [0.25, 0.3) is 0 Å². The molecule has 33 heavy (non-hydrogen) atoms. The Labute approximate surface area is 192 Å². The average Bonchev–Trinajstić information content (AvgIpc) is 3.39. The molecule has 0 saturated heterocycles. The molecule has 7 rings (SSSR count). The molecule has 8 nitrogen and oxygen atoms in total. The van der Waals surface area contributed by atoms with E-state index in [1.165, 1.54) is 18.6 Å². The number of aromatic nitrogens is 6. The third-order valence-corrected chi connectivity index (χ3v) is 6.91. The number of fused-ring (bicyclic) bond motifs is 4. The molecule has 3 aliphatic carbocycles. The zero-order chi connectivity index (χ0) is 22.7. The number of esters is 1. The van der Waals surface area contributed by atoms with Gasteiger partial charge in [-0.05, 0) is 37.7 Å². The minimum absolute atomic E-state index is 0.0596. The molecular formula is C23H20ClFN6O2. The summed E-state index contributed by atoms with van der Waals surface area (Å²) < 4.78 is 22.2. The number of carbonyl (C=O) groups is 1. The van der Waals surface area contributed by atoms with Gasteiger partial charge in [-0.1, -0.05) is 23.8 Å². The minimum Gasteiger partial charge on any atom is -0.466 e. The lowest BCUT2D eigenvalue weighted by molar-refractivity contribution is -0.153. The van der Waals surface area contributed by atoms with Gasteiger partial charge in [-0.25, -0.2) is 19.3 Å². The van der Waals surface area contributed by atoms with Crippen LogP contribution in [0, 0.1) is 23.6 Å². The summed E-state index contributed by atoms with van der Waals surface area (Å²) >= 11 is 6.12. The number of H-pyrrole nitrogens is 1. The van der Waals surface area contributed by atoms with Crippen molar-refractivity contribution in [2.75, 3.05) is 6.61 Å². The van der Waals surface area contributed by atoms with Crippen molar-refractivity contribution in [3.8, 4) is 11.5 Å². The van der Waals surface area contributed by atoms with E-state index in [0.717, 1.165) is 12.8 Å². The van der Waals surface area contributed by atoms with Crippen molar-refractivity contribution in [3.63, 3.8) is 0 Å². The fourth-order valence-corrected chi connectivity index (χ4v) is 5.44. The third-order valence-electron chi connectivity index (χ3n) is 6.70. The number of allylic oxidation sites excluding steroid dienone is 2. The SMILES string of the molecule is CCOC(=O)C1C2C=CC(CC2)C1n1cc(F)c2cnc(-c3n[nH]c4ncc(Cl)cc34)nc21. The van der Waals surface area contributed by atoms with E-state index in [9.17, 15) is 9.18 Å². The number of ether oxygens (including phenoxy) is 1. The van der Waals surface area contributed by atoms with Crippen LogP contribution in [-0.2, 0) is 9.53 Å². The first-order valence-corrected chi connectivity index (χ1v) is 11.3. The lowest BCUT2D eigenvalue weighted by Gasteiger charge is -2.44. The van der Waals surface area contributed by atoms with E-state index in [4.69, 9.17) is 21.3 Å². The second-order valence-corrected chi connectivity index (χ2v) is 8.93. The summed E-state index contributed by atoms with van der Waals surface area (Å²) in [7, 11) is 0. The Kier molecular flexibility index (Phi) is 4.69. The molecule has 1 fully saturated rings. The van der Waals surface area contributed by atoms with Crippen molar-refractivity contribution in [2.45, 2.75) is 25.8 Å². The number of nitrogens with zero attached hydrogens (tertiary/aromatic N) is 5. The van der Waals surface area contributed by atoms with Crippen molar-refractivity contribution in [1.29, 1.82) is 0 Å². The standard InChI is InChI=1S/C23H20ClFN6O2/c1-2-33-23(32)17-11-3-5-12(6-4-11)19(17)31-10-16(25)15-9-27-21(28-22(15)31)18-14-7-13(24)8-26-20(14)30-29-18/h3,5,7-12,17,19H,2,4,6H2,1H3,(H,26,29,30). The number of hydrogen-bond donors (Lipinski definition) is 1. The van der Waals surface area contributed by atoms with Gasteiger partial charge in [0, 0.05) is 18.6 Å². The van der Waals surface area contributed by atoms with Crippen molar-refractivity contribution >= 4 is 39.6 Å². The van der Waals surface area contributed by atoms with E-state index in [1.54, 1.807) is 17.6 Å². The maximum absolute atomic E-state index is 15.0. The Morgan fingerprint density at radius 3 is 2.85 bits per heavy atom. The molecule has 4 atom stereocenters. The normalized spacial score (nSPS) is 24.1. The molecule has 1 N–H and O–H groups in total. The van der Waals surface area contributed by atoms with Gasteiger partial charge in [-0.2, -0.15) is 5.10 Å². The summed E-state index contributed by atoms with van der Waals surface area (Å²) in [6.07, 6.45) is 10.5. The molecule has 4 heterocycles. The molecule has 0 radical (unpaired) electrons. The van der Waals surface area contributed by atoms with Crippen LogP contribution in [0.3, 0.4) is 0 Å². The van der Waals surface area contributed by atoms with E-state index >= 15 is 0 Å². The zero-order valence-electron chi connectivity index (χ0n) is 17.7. The van der Waals surface area contributed by atoms with Crippen LogP contribution < -0.4 is 0 Å². The molecular weight excluding hydrogens is 447 g/mol. The van der Waals surface area contributed by atoms with Crippen molar-refractivity contribution in [3.05, 3.63) is 47.6 Å². The first-order valence-electron chi connectivity index (χ1n) is 10.9. The molecule has 4 aromatic heterocycles. The quantitative estimate of drug-likeness (QED) is 0.352. The molecule has 0 spiro atoms. The smallest absolute Gasteiger partial charge is 0.311 e. The first kappa shape index (κ1) is 20.3. The topological polar surface area (TPSA) is 98.6 Å². The van der Waals surface area contributed by atoms with Gasteiger partial charge < -0.3 is 9.30 Å². The van der Waals surface area contributed by atoms with Gasteiger partial charge >= 0.3 is 5.97 Å². The summed E-state index contributed by atoms with van der Waals surface area (Å²) in [6, 6.07) is 1.45. The maximum Gasteiger partial charge on any atom is 0.311 e. The fourth-order valence-electron chi connectivity index (χ4n) is 5.28. The van der Waals surface area contributed by atoms with Crippen LogP contribution in [0.2, 0.25) is 5.02 Å². The summed E-state index contributed by atoms with van der Waals surface area (Å²) in [6.45, 7) is 2.10. The number of halogens is 2. The summed E-state index contributed by atoms with van der Waals surface area (Å²) in [5.74, 6) is -0.604. The van der Waals surface area contributed by atoms with Gasteiger partial charge in [-0.15, -0.1) is 0 Å². The number of pyridine rings is 1. The fraction of sp³-hybridized carbons (Fsp3) is 0.348. The predicted molar refractivity (Wildman–Crippen MR) is 120 cm³/mol. The van der Waals surface area contributed by atoms with Crippen molar-refractivity contribution < 1.29 is 13.9 Å². The number of rotatable bonds is 4. The number of nitrogens with one attached hydrogen (secondary N) is 1. The highest BCUT2D eigenvalue weighted by Crippen LogP contribution is 2.49. The highest BCUT2D eigenvalue weighted by Gasteiger charge is 2.47. The Morgan fingerprint density at radius 1 is 1.24 bits per heavy atom. The summed E-state index contributed by atoms with van der Waals surface area (Å²) in [4.78, 5) is 26.2. The molecule has 0 aromatic carbocycles. The number of hydrogen-bond acceptors (Lipinski definition) is 6. The van der Waals surface area contributed by atoms with Crippen LogP contribution in [0.1, 0.15) is 25.8 Å². The van der Waals surface area contributed by atoms with Gasteiger partial charge in [-0.3, -0.25) is 9.89 Å². The van der Waals surface area contributed by atoms with Crippen LogP contribution >= 0.6 is 11.6 Å². The lowest BCUT2D eigenvalue weighted by atomic mass is 9.65. The average molecular weight is 467 g/mol. The first-order chi connectivity index (χ1) is 16.0. The van der Waals surface area contributed by atoms with E-state index in [-0.39, 0.29) is 23.8 Å². The molecule has 4 aromatic rings. The van der Waals surface area contributed by atoms with Crippen LogP contribution in [0.4, 0.5) is 4.39 Å². The Bertz CT molecular complexity index is 1430. The highest BCUT2D eigenvalue weighted by atomic mass is 35.5. The van der Waals surface area contributed by atoms with Crippen molar-refractivity contribution in [2.24, 2.45) is 17.8 Å². The molecule has 1 saturated carbocycles. The Morgan fingerprint density at radius 2 is 2.06 bits per heavy atom. The Hall–Kier alpha value is -3.33. The monoisotopic (exact) mass is 466 g/mol. The van der Waals surface area contributed by atoms with Gasteiger partial charge in [0.05, 0.1) is 34.4 Å². The van der Waals surface area contributed by atoms with Gasteiger partial charge in [0.1, 0.15) is 11.3 Å². The molecule has 168 valence electrons. The Balaban J connectivity index is 1.51. The van der Waals surface area contributed by atoms with E-state index in [0.29, 0.717) is 45.2 Å². The predicted octanol–water partition coefficient (Wildman–Crippen LogP) is 4.48. The minimum atomic E-state index is -0.429. The second-order valence-electron chi connectivity index (χ2n) is 8.50. The third kappa shape index (κ3) is 3.13. The van der Waals surface area contributed by atoms with Gasteiger partial charge in [0.2, 0.25) is 0 Å². The highest BCUT2D eigenvalue weighted by molar-refractivity contribution is 6.31. The van der Waals surface area contributed by atoms with E-state index < -0.39 is 11.7 Å². The van der Waals surface area contributed by atoms with E-state index in [1.807, 2.05) is 0 Å². The van der Waals surface area contributed by atoms with Gasteiger partial charge in [0.15, 0.2) is 17.3 Å². The summed E-state index contributed by atoms with van der Waals surface area (Å²) in [5.41, 5.74) is 1.45.